The largest absolute Gasteiger partial charge is 0.339 e. The Labute approximate surface area is 152 Å². The van der Waals surface area contributed by atoms with Crippen molar-refractivity contribution in [1.29, 1.82) is 0 Å². The molecule has 3 aromatic rings. The molecule has 0 spiro atoms. The van der Waals surface area contributed by atoms with Crippen molar-refractivity contribution < 1.29 is 0 Å². The van der Waals surface area contributed by atoms with E-state index in [0.717, 1.165) is 16.9 Å². The van der Waals surface area contributed by atoms with Crippen LogP contribution in [0.3, 0.4) is 0 Å². The highest BCUT2D eigenvalue weighted by atomic mass is 35.5. The summed E-state index contributed by atoms with van der Waals surface area (Å²) in [6.45, 7) is 6.29. The Morgan fingerprint density at radius 1 is 1.00 bits per heavy atom. The van der Waals surface area contributed by atoms with Crippen LogP contribution >= 0.6 is 11.6 Å². The van der Waals surface area contributed by atoms with Crippen LogP contribution in [0.2, 0.25) is 5.02 Å². The van der Waals surface area contributed by atoms with E-state index in [-0.39, 0.29) is 0 Å². The quantitative estimate of drug-likeness (QED) is 0.639. The van der Waals surface area contributed by atoms with Crippen molar-refractivity contribution in [2.75, 3.05) is 10.6 Å². The van der Waals surface area contributed by atoms with Gasteiger partial charge in [0.05, 0.1) is 6.20 Å². The Morgan fingerprint density at radius 3 is 2.48 bits per heavy atom. The monoisotopic (exact) mass is 353 g/mol. The molecule has 5 nitrogen and oxygen atoms in total. The minimum atomic E-state index is 0.411. The molecule has 0 atom stereocenters. The van der Waals surface area contributed by atoms with Gasteiger partial charge in [-0.1, -0.05) is 43.6 Å². The second-order valence-electron chi connectivity index (χ2n) is 6.10. The van der Waals surface area contributed by atoms with Crippen LogP contribution in [0.5, 0.6) is 0 Å². The van der Waals surface area contributed by atoms with Crippen molar-refractivity contribution in [3.63, 3.8) is 0 Å². The summed E-state index contributed by atoms with van der Waals surface area (Å²) in [5.41, 5.74) is 4.04. The highest BCUT2D eigenvalue weighted by molar-refractivity contribution is 6.31. The first-order valence-corrected chi connectivity index (χ1v) is 8.49. The summed E-state index contributed by atoms with van der Waals surface area (Å²) in [6, 6.07) is 13.9. The lowest BCUT2D eigenvalue weighted by atomic mass is 10.0. The van der Waals surface area contributed by atoms with Crippen LogP contribution in [0.15, 0.2) is 48.7 Å². The molecule has 6 heteroatoms. The van der Waals surface area contributed by atoms with Gasteiger partial charge in [-0.15, -0.1) is 5.10 Å². The van der Waals surface area contributed by atoms with Crippen molar-refractivity contribution in [3.8, 4) is 0 Å². The van der Waals surface area contributed by atoms with Crippen LogP contribution in [0.25, 0.3) is 0 Å². The smallest absolute Gasteiger partial charge is 0.249 e. The van der Waals surface area contributed by atoms with Crippen LogP contribution in [0.4, 0.5) is 23.1 Å². The summed E-state index contributed by atoms with van der Waals surface area (Å²) in [5.74, 6) is 1.54. The predicted octanol–water partition coefficient (Wildman–Crippen LogP) is 5.44. The Balaban J connectivity index is 1.76. The zero-order valence-corrected chi connectivity index (χ0v) is 15.2. The number of anilines is 4. The number of nitrogens with one attached hydrogen (secondary N) is 2. The molecule has 1 aromatic heterocycles. The van der Waals surface area contributed by atoms with Gasteiger partial charge in [0.2, 0.25) is 5.95 Å². The standard InChI is InChI=1S/C19H20ClN5/c1-12(2)14-7-9-15(10-8-14)22-18-11-21-25-19(24-18)23-17-6-4-5-16(20)13(17)3/h4-12H,1-3H3,(H2,22,23,24,25). The molecule has 0 amide bonds. The van der Waals surface area contributed by atoms with Crippen molar-refractivity contribution in [2.45, 2.75) is 26.7 Å². The second-order valence-corrected chi connectivity index (χ2v) is 6.51. The second kappa shape index (κ2) is 7.49. The maximum Gasteiger partial charge on any atom is 0.249 e. The lowest BCUT2D eigenvalue weighted by Gasteiger charge is -2.11. The highest BCUT2D eigenvalue weighted by Crippen LogP contribution is 2.25. The molecule has 1 heterocycles. The van der Waals surface area contributed by atoms with E-state index in [9.17, 15) is 0 Å². The summed E-state index contributed by atoms with van der Waals surface area (Å²) in [4.78, 5) is 4.45. The molecule has 2 N–H and O–H groups in total. The molecule has 128 valence electrons. The molecule has 0 saturated carbocycles. The Kier molecular flexibility index (Phi) is 5.14. The fourth-order valence-corrected chi connectivity index (χ4v) is 2.55. The van der Waals surface area contributed by atoms with Gasteiger partial charge in [-0.25, -0.2) is 0 Å². The molecule has 0 aliphatic heterocycles. The van der Waals surface area contributed by atoms with E-state index >= 15 is 0 Å². The number of halogens is 1. The molecule has 0 aliphatic carbocycles. The van der Waals surface area contributed by atoms with Crippen LogP contribution in [-0.4, -0.2) is 15.2 Å². The average Bonchev–Trinajstić information content (AvgIpc) is 2.60. The van der Waals surface area contributed by atoms with Crippen molar-refractivity contribution in [1.82, 2.24) is 15.2 Å². The van der Waals surface area contributed by atoms with E-state index in [2.05, 4.69) is 51.8 Å². The van der Waals surface area contributed by atoms with E-state index in [4.69, 9.17) is 11.6 Å². The third kappa shape index (κ3) is 4.25. The number of hydrogen-bond donors (Lipinski definition) is 2. The minimum Gasteiger partial charge on any atom is -0.339 e. The van der Waals surface area contributed by atoms with Gasteiger partial charge in [0.1, 0.15) is 0 Å². The first kappa shape index (κ1) is 17.2. The summed E-state index contributed by atoms with van der Waals surface area (Å²) in [7, 11) is 0. The van der Waals surface area contributed by atoms with Crippen LogP contribution < -0.4 is 10.6 Å². The summed E-state index contributed by atoms with van der Waals surface area (Å²) in [5, 5.41) is 15.1. The number of aromatic nitrogens is 3. The topological polar surface area (TPSA) is 62.7 Å². The number of hydrogen-bond acceptors (Lipinski definition) is 5. The van der Waals surface area contributed by atoms with Gasteiger partial charge in [0.25, 0.3) is 0 Å². The fraction of sp³-hybridized carbons (Fsp3) is 0.211. The molecule has 0 bridgehead atoms. The first-order chi connectivity index (χ1) is 12.0. The van der Waals surface area contributed by atoms with Crippen LogP contribution in [0.1, 0.15) is 30.9 Å². The van der Waals surface area contributed by atoms with Crippen LogP contribution in [-0.2, 0) is 0 Å². The fourth-order valence-electron chi connectivity index (χ4n) is 2.38. The molecule has 0 unspecified atom stereocenters. The molecule has 0 fully saturated rings. The van der Waals surface area contributed by atoms with Crippen LogP contribution in [0, 0.1) is 6.92 Å². The summed E-state index contributed by atoms with van der Waals surface area (Å²) >= 11 is 6.14. The third-order valence-electron chi connectivity index (χ3n) is 3.92. The lowest BCUT2D eigenvalue weighted by molar-refractivity contribution is 0.867. The van der Waals surface area contributed by atoms with Crippen molar-refractivity contribution >= 4 is 34.7 Å². The van der Waals surface area contributed by atoms with Crippen molar-refractivity contribution in [3.05, 3.63) is 64.8 Å². The number of nitrogens with zero attached hydrogens (tertiary/aromatic N) is 3. The zero-order chi connectivity index (χ0) is 17.8. The molecule has 3 rings (SSSR count). The van der Waals surface area contributed by atoms with E-state index < -0.39 is 0 Å². The lowest BCUT2D eigenvalue weighted by Crippen LogP contribution is -2.03. The van der Waals surface area contributed by atoms with Gasteiger partial charge >= 0.3 is 0 Å². The molecule has 0 aliphatic rings. The Morgan fingerprint density at radius 2 is 1.76 bits per heavy atom. The maximum atomic E-state index is 6.14. The molecule has 0 saturated heterocycles. The van der Waals surface area contributed by atoms with E-state index in [0.29, 0.717) is 22.7 Å². The number of rotatable bonds is 5. The van der Waals surface area contributed by atoms with E-state index in [1.165, 1.54) is 5.56 Å². The summed E-state index contributed by atoms with van der Waals surface area (Å²) in [6.07, 6.45) is 1.59. The minimum absolute atomic E-state index is 0.411. The summed E-state index contributed by atoms with van der Waals surface area (Å²) < 4.78 is 0. The zero-order valence-electron chi connectivity index (χ0n) is 14.4. The third-order valence-corrected chi connectivity index (χ3v) is 4.33. The van der Waals surface area contributed by atoms with Gasteiger partial charge < -0.3 is 10.6 Å². The van der Waals surface area contributed by atoms with E-state index in [1.54, 1.807) is 6.20 Å². The van der Waals surface area contributed by atoms with Gasteiger partial charge in [0.15, 0.2) is 5.82 Å². The Hall–Kier alpha value is -2.66. The molecular formula is C19H20ClN5. The SMILES string of the molecule is Cc1c(Cl)cccc1Nc1nncc(Nc2ccc(C(C)C)cc2)n1. The average molecular weight is 354 g/mol. The molecular weight excluding hydrogens is 334 g/mol. The normalized spacial score (nSPS) is 10.8. The predicted molar refractivity (Wildman–Crippen MR) is 103 cm³/mol. The first-order valence-electron chi connectivity index (χ1n) is 8.12. The van der Waals surface area contributed by atoms with Gasteiger partial charge in [-0.2, -0.15) is 10.1 Å². The highest BCUT2D eigenvalue weighted by Gasteiger charge is 2.06. The molecule has 0 radical (unpaired) electrons. The van der Waals surface area contributed by atoms with E-state index in [1.807, 2.05) is 37.3 Å². The maximum absolute atomic E-state index is 6.14. The van der Waals surface area contributed by atoms with Gasteiger partial charge in [-0.05, 0) is 48.2 Å². The molecule has 2 aromatic carbocycles. The van der Waals surface area contributed by atoms with Gasteiger partial charge in [-0.3, -0.25) is 0 Å². The molecule has 25 heavy (non-hydrogen) atoms. The van der Waals surface area contributed by atoms with Crippen molar-refractivity contribution in [2.24, 2.45) is 0 Å². The number of benzene rings is 2. The Bertz CT molecular complexity index is 862. The van der Waals surface area contributed by atoms with Gasteiger partial charge in [0, 0.05) is 16.4 Å².